The molecular weight excluding hydrogens is 250 g/mol. The Bertz CT molecular complexity index is 333. The Balaban J connectivity index is 2.57. The molecule has 4 heteroatoms. The van der Waals surface area contributed by atoms with E-state index in [0.29, 0.717) is 13.2 Å². The third kappa shape index (κ3) is 5.36. The van der Waals surface area contributed by atoms with E-state index >= 15 is 0 Å². The highest BCUT2D eigenvalue weighted by atomic mass is 35.5. The Morgan fingerprint density at radius 2 is 2.11 bits per heavy atom. The van der Waals surface area contributed by atoms with E-state index in [1.165, 1.54) is 0 Å². The lowest BCUT2D eigenvalue weighted by atomic mass is 10.00. The van der Waals surface area contributed by atoms with Gasteiger partial charge in [0, 0.05) is 37.7 Å². The van der Waals surface area contributed by atoms with E-state index in [9.17, 15) is 0 Å². The molecule has 0 radical (unpaired) electrons. The van der Waals surface area contributed by atoms with Gasteiger partial charge in [0.25, 0.3) is 0 Å². The Hall–Kier alpha value is -0.610. The molecule has 1 atom stereocenters. The summed E-state index contributed by atoms with van der Waals surface area (Å²) >= 11 is 6.23. The third-order valence-electron chi connectivity index (χ3n) is 2.74. The van der Waals surface area contributed by atoms with Crippen LogP contribution in [-0.4, -0.2) is 40.0 Å². The average Bonchev–Trinajstić information content (AvgIpc) is 2.39. The molecule has 0 amide bonds. The van der Waals surface area contributed by atoms with Gasteiger partial charge in [0.1, 0.15) is 0 Å². The molecular formula is C14H22ClNO2. The normalized spacial score (nSPS) is 12.6. The SMILES string of the molecule is CCOCC(CNCCOC)c1ccccc1Cl. The van der Waals surface area contributed by atoms with Crippen LogP contribution in [-0.2, 0) is 9.47 Å². The summed E-state index contributed by atoms with van der Waals surface area (Å²) < 4.78 is 10.5. The van der Waals surface area contributed by atoms with Crippen molar-refractivity contribution in [1.29, 1.82) is 0 Å². The summed E-state index contributed by atoms with van der Waals surface area (Å²) in [7, 11) is 1.70. The van der Waals surface area contributed by atoms with Gasteiger partial charge in [-0.1, -0.05) is 29.8 Å². The maximum absolute atomic E-state index is 6.23. The van der Waals surface area contributed by atoms with Gasteiger partial charge in [-0.2, -0.15) is 0 Å². The van der Waals surface area contributed by atoms with Crippen molar-refractivity contribution in [2.24, 2.45) is 0 Å². The molecule has 1 rings (SSSR count). The lowest BCUT2D eigenvalue weighted by molar-refractivity contribution is 0.130. The fourth-order valence-corrected chi connectivity index (χ4v) is 2.07. The molecule has 1 aromatic carbocycles. The van der Waals surface area contributed by atoms with Crippen molar-refractivity contribution >= 4 is 11.6 Å². The zero-order chi connectivity index (χ0) is 13.2. The van der Waals surface area contributed by atoms with Gasteiger partial charge >= 0.3 is 0 Å². The molecule has 0 fully saturated rings. The molecule has 0 bridgehead atoms. The lowest BCUT2D eigenvalue weighted by Gasteiger charge is -2.19. The van der Waals surface area contributed by atoms with Crippen LogP contribution >= 0.6 is 11.6 Å². The van der Waals surface area contributed by atoms with Gasteiger partial charge in [-0.05, 0) is 18.6 Å². The molecule has 0 heterocycles. The van der Waals surface area contributed by atoms with Crippen LogP contribution in [0.3, 0.4) is 0 Å². The van der Waals surface area contributed by atoms with Gasteiger partial charge in [-0.25, -0.2) is 0 Å². The zero-order valence-corrected chi connectivity index (χ0v) is 11.9. The van der Waals surface area contributed by atoms with E-state index in [-0.39, 0.29) is 5.92 Å². The first kappa shape index (κ1) is 15.4. The molecule has 102 valence electrons. The van der Waals surface area contributed by atoms with Crippen LogP contribution in [0.4, 0.5) is 0 Å². The van der Waals surface area contributed by atoms with Crippen LogP contribution in [0.5, 0.6) is 0 Å². The Morgan fingerprint density at radius 3 is 2.78 bits per heavy atom. The van der Waals surface area contributed by atoms with Gasteiger partial charge in [-0.3, -0.25) is 0 Å². The van der Waals surface area contributed by atoms with Crippen molar-refractivity contribution in [2.45, 2.75) is 12.8 Å². The van der Waals surface area contributed by atoms with Crippen LogP contribution < -0.4 is 5.32 Å². The highest BCUT2D eigenvalue weighted by molar-refractivity contribution is 6.31. The maximum atomic E-state index is 6.23. The minimum absolute atomic E-state index is 0.274. The standard InChI is InChI=1S/C14H22ClNO2/c1-3-18-11-12(10-16-8-9-17-2)13-6-4-5-7-14(13)15/h4-7,12,16H,3,8-11H2,1-2H3. The molecule has 0 aliphatic rings. The first-order chi connectivity index (χ1) is 8.79. The van der Waals surface area contributed by atoms with Crippen molar-refractivity contribution in [1.82, 2.24) is 5.32 Å². The molecule has 3 nitrogen and oxygen atoms in total. The molecule has 0 saturated carbocycles. The van der Waals surface area contributed by atoms with Crippen molar-refractivity contribution in [3.8, 4) is 0 Å². The molecule has 0 spiro atoms. The predicted octanol–water partition coefficient (Wildman–Crippen LogP) is 2.70. The minimum Gasteiger partial charge on any atom is -0.383 e. The lowest BCUT2D eigenvalue weighted by Crippen LogP contribution is -2.27. The number of benzene rings is 1. The molecule has 1 unspecified atom stereocenters. The molecule has 18 heavy (non-hydrogen) atoms. The van der Waals surface area contributed by atoms with Gasteiger partial charge < -0.3 is 14.8 Å². The second kappa shape index (κ2) is 9.34. The Morgan fingerprint density at radius 1 is 1.33 bits per heavy atom. The monoisotopic (exact) mass is 271 g/mol. The second-order valence-electron chi connectivity index (χ2n) is 4.07. The zero-order valence-electron chi connectivity index (χ0n) is 11.1. The molecule has 0 aliphatic carbocycles. The van der Waals surface area contributed by atoms with Gasteiger partial charge in [0.05, 0.1) is 13.2 Å². The minimum atomic E-state index is 0.274. The molecule has 1 N–H and O–H groups in total. The first-order valence-electron chi connectivity index (χ1n) is 6.31. The summed E-state index contributed by atoms with van der Waals surface area (Å²) in [5.74, 6) is 0.274. The van der Waals surface area contributed by atoms with E-state index in [4.69, 9.17) is 21.1 Å². The van der Waals surface area contributed by atoms with Crippen LogP contribution in [0.25, 0.3) is 0 Å². The number of halogens is 1. The Labute approximate surface area is 114 Å². The van der Waals surface area contributed by atoms with Gasteiger partial charge in [0.2, 0.25) is 0 Å². The summed E-state index contributed by atoms with van der Waals surface area (Å²) in [5, 5.41) is 4.16. The van der Waals surface area contributed by atoms with Gasteiger partial charge in [0.15, 0.2) is 0 Å². The highest BCUT2D eigenvalue weighted by Crippen LogP contribution is 2.24. The second-order valence-corrected chi connectivity index (χ2v) is 4.48. The summed E-state index contributed by atoms with van der Waals surface area (Å²) in [5.41, 5.74) is 1.14. The number of rotatable bonds is 9. The number of methoxy groups -OCH3 is 1. The quantitative estimate of drug-likeness (QED) is 0.701. The van der Waals surface area contributed by atoms with Crippen LogP contribution in [0.2, 0.25) is 5.02 Å². The smallest absolute Gasteiger partial charge is 0.0587 e. The fraction of sp³-hybridized carbons (Fsp3) is 0.571. The van der Waals surface area contributed by atoms with E-state index < -0.39 is 0 Å². The molecule has 0 aromatic heterocycles. The van der Waals surface area contributed by atoms with Crippen molar-refractivity contribution in [2.75, 3.05) is 40.0 Å². The summed E-state index contributed by atoms with van der Waals surface area (Å²) in [4.78, 5) is 0. The predicted molar refractivity (Wildman–Crippen MR) is 75.4 cm³/mol. The summed E-state index contributed by atoms with van der Waals surface area (Å²) in [6.07, 6.45) is 0. The van der Waals surface area contributed by atoms with Crippen LogP contribution in [0, 0.1) is 0 Å². The third-order valence-corrected chi connectivity index (χ3v) is 3.09. The summed E-state index contributed by atoms with van der Waals surface area (Å²) in [6, 6.07) is 7.94. The number of hydrogen-bond donors (Lipinski definition) is 1. The van der Waals surface area contributed by atoms with Crippen molar-refractivity contribution < 1.29 is 9.47 Å². The van der Waals surface area contributed by atoms with E-state index in [1.807, 2.05) is 25.1 Å². The largest absolute Gasteiger partial charge is 0.383 e. The van der Waals surface area contributed by atoms with Crippen LogP contribution in [0.15, 0.2) is 24.3 Å². The van der Waals surface area contributed by atoms with E-state index in [2.05, 4.69) is 11.4 Å². The van der Waals surface area contributed by atoms with Crippen LogP contribution in [0.1, 0.15) is 18.4 Å². The summed E-state index contributed by atoms with van der Waals surface area (Å²) in [6.45, 7) is 5.79. The first-order valence-corrected chi connectivity index (χ1v) is 6.69. The van der Waals surface area contributed by atoms with Gasteiger partial charge in [-0.15, -0.1) is 0 Å². The number of nitrogens with one attached hydrogen (secondary N) is 1. The number of ether oxygens (including phenoxy) is 2. The molecule has 0 saturated heterocycles. The Kier molecular flexibility index (Phi) is 8.01. The molecule has 1 aromatic rings. The highest BCUT2D eigenvalue weighted by Gasteiger charge is 2.14. The number of hydrogen-bond acceptors (Lipinski definition) is 3. The topological polar surface area (TPSA) is 30.5 Å². The molecule has 0 aliphatic heterocycles. The fourth-order valence-electron chi connectivity index (χ4n) is 1.78. The van der Waals surface area contributed by atoms with E-state index in [1.54, 1.807) is 7.11 Å². The van der Waals surface area contributed by atoms with E-state index in [0.717, 1.165) is 30.3 Å². The average molecular weight is 272 g/mol. The van der Waals surface area contributed by atoms with Crippen molar-refractivity contribution in [3.05, 3.63) is 34.9 Å². The van der Waals surface area contributed by atoms with Crippen molar-refractivity contribution in [3.63, 3.8) is 0 Å². The maximum Gasteiger partial charge on any atom is 0.0587 e.